The van der Waals surface area contributed by atoms with Crippen LogP contribution in [0.4, 0.5) is 0 Å². The predicted molar refractivity (Wildman–Crippen MR) is 99.1 cm³/mol. The molecule has 0 amide bonds. The molecule has 0 spiro atoms. The van der Waals surface area contributed by atoms with Crippen LogP contribution in [0.2, 0.25) is 0 Å². The Kier molecular flexibility index (Phi) is 4.31. The lowest BCUT2D eigenvalue weighted by Gasteiger charge is -2.58. The molecule has 9 atom stereocenters. The normalized spacial score (nSPS) is 55.7. The van der Waals surface area contributed by atoms with Crippen LogP contribution in [0.25, 0.3) is 0 Å². The van der Waals surface area contributed by atoms with Crippen molar-refractivity contribution in [3.63, 3.8) is 0 Å². The van der Waals surface area contributed by atoms with Crippen molar-refractivity contribution in [2.24, 2.45) is 28.6 Å². The molecule has 3 fully saturated rings. The molecule has 0 saturated heterocycles. The molecular weight excluding hydrogens is 352 g/mol. The Labute approximate surface area is 160 Å². The number of allylic oxidation sites excluding steroid dienone is 1. The highest BCUT2D eigenvalue weighted by atomic mass is 35.5. The Morgan fingerprint density at radius 3 is 2.54 bits per heavy atom. The maximum atomic E-state index is 11.2. The van der Waals surface area contributed by atoms with Crippen LogP contribution in [0.5, 0.6) is 0 Å². The summed E-state index contributed by atoms with van der Waals surface area (Å²) in [6.07, 6.45) is 4.33. The summed E-state index contributed by atoms with van der Waals surface area (Å²) in [4.78, 5) is 0. The number of aliphatic hydroxyl groups is 4. The minimum Gasteiger partial charge on any atom is -0.390 e. The molecule has 0 aliphatic heterocycles. The first-order chi connectivity index (χ1) is 12.2. The van der Waals surface area contributed by atoms with E-state index in [1.54, 1.807) is 0 Å². The smallest absolute Gasteiger partial charge is 0.157 e. The van der Waals surface area contributed by atoms with Crippen LogP contribution < -0.4 is 0 Å². The van der Waals surface area contributed by atoms with Crippen molar-refractivity contribution in [2.45, 2.75) is 76.3 Å². The van der Waals surface area contributed by atoms with E-state index in [0.717, 1.165) is 31.3 Å². The Morgan fingerprint density at radius 1 is 1.12 bits per heavy atom. The zero-order chi connectivity index (χ0) is 18.9. The van der Waals surface area contributed by atoms with Gasteiger partial charge in [-0.3, -0.25) is 0 Å². The largest absolute Gasteiger partial charge is 0.390 e. The van der Waals surface area contributed by atoms with Crippen LogP contribution in [0.3, 0.4) is 0 Å². The lowest BCUT2D eigenvalue weighted by molar-refractivity contribution is -0.123. The third kappa shape index (κ3) is 2.19. The lowest BCUT2D eigenvalue weighted by Crippen LogP contribution is -2.57. The number of rotatable bonds is 0. The second-order valence-corrected chi connectivity index (χ2v) is 9.62. The Morgan fingerprint density at radius 2 is 1.85 bits per heavy atom. The minimum atomic E-state index is -1.46. The second-order valence-electron chi connectivity index (χ2n) is 9.43. The van der Waals surface area contributed by atoms with E-state index in [9.17, 15) is 20.4 Å². The van der Waals surface area contributed by atoms with Gasteiger partial charge >= 0.3 is 0 Å². The summed E-state index contributed by atoms with van der Waals surface area (Å²) >= 11 is 5.62. The molecule has 0 radical (unpaired) electrons. The molecule has 4 nitrogen and oxygen atoms in total. The fourth-order valence-electron chi connectivity index (χ4n) is 7.04. The van der Waals surface area contributed by atoms with Gasteiger partial charge in [-0.1, -0.05) is 19.9 Å². The first-order valence-electron chi connectivity index (χ1n) is 9.79. The first kappa shape index (κ1) is 18.8. The van der Waals surface area contributed by atoms with Gasteiger partial charge < -0.3 is 20.4 Å². The summed E-state index contributed by atoms with van der Waals surface area (Å²) < 4.78 is 0. The number of hydrogen-bond acceptors (Lipinski definition) is 4. The standard InChI is InChI=1S/C21H29ClO4/c1-19-7-6-16(23)18(25)14(19)4-3-12-13(19)5-8-20(2)15(12)11-17(24)21(20,26)9-10-22/h4,12-13,15-18,23-26H,3,5-8,11H2,1-2H3/t12-,13+,15+,16-,17-,18+,19-,20+,21+/m1/s1. The van der Waals surface area contributed by atoms with Crippen LogP contribution in [0, 0.1) is 39.9 Å². The molecule has 5 heteroatoms. The van der Waals surface area contributed by atoms with E-state index < -0.39 is 29.3 Å². The Hall–Kier alpha value is -0.570. The van der Waals surface area contributed by atoms with Gasteiger partial charge in [0.25, 0.3) is 0 Å². The van der Waals surface area contributed by atoms with E-state index in [2.05, 4.69) is 24.3 Å². The zero-order valence-corrected chi connectivity index (χ0v) is 16.2. The monoisotopic (exact) mass is 380 g/mol. The van der Waals surface area contributed by atoms with Crippen LogP contribution >= 0.6 is 11.6 Å². The average Bonchev–Trinajstić information content (AvgIpc) is 2.79. The zero-order valence-electron chi connectivity index (χ0n) is 15.5. The van der Waals surface area contributed by atoms with Gasteiger partial charge in [0.2, 0.25) is 0 Å². The molecule has 0 aromatic heterocycles. The van der Waals surface area contributed by atoms with E-state index in [0.29, 0.717) is 24.7 Å². The fraction of sp³-hybridized carbons (Fsp3) is 0.810. The molecule has 4 aliphatic carbocycles. The van der Waals surface area contributed by atoms with Gasteiger partial charge in [0.1, 0.15) is 6.10 Å². The summed E-state index contributed by atoms with van der Waals surface area (Å²) in [7, 11) is 0. The molecule has 0 aromatic carbocycles. The van der Waals surface area contributed by atoms with Gasteiger partial charge in [0.15, 0.2) is 5.60 Å². The van der Waals surface area contributed by atoms with E-state index >= 15 is 0 Å². The van der Waals surface area contributed by atoms with Crippen LogP contribution in [0.1, 0.15) is 52.4 Å². The van der Waals surface area contributed by atoms with E-state index in [-0.39, 0.29) is 11.3 Å². The Bertz CT molecular complexity index is 696. The fourth-order valence-corrected chi connectivity index (χ4v) is 7.18. The van der Waals surface area contributed by atoms with Gasteiger partial charge in [-0.25, -0.2) is 0 Å². The maximum Gasteiger partial charge on any atom is 0.157 e. The van der Waals surface area contributed by atoms with Crippen molar-refractivity contribution in [1.29, 1.82) is 0 Å². The lowest BCUT2D eigenvalue weighted by atomic mass is 9.46. The summed E-state index contributed by atoms with van der Waals surface area (Å²) in [5, 5.41) is 44.8. The maximum absolute atomic E-state index is 11.2. The molecule has 3 saturated carbocycles. The van der Waals surface area contributed by atoms with Gasteiger partial charge in [-0.15, -0.1) is 0 Å². The van der Waals surface area contributed by atoms with Crippen LogP contribution in [-0.2, 0) is 0 Å². The van der Waals surface area contributed by atoms with Gasteiger partial charge in [-0.2, -0.15) is 0 Å². The number of hydrogen-bond donors (Lipinski definition) is 4. The Balaban J connectivity index is 1.73. The number of aliphatic hydroxyl groups excluding tert-OH is 3. The predicted octanol–water partition coefficient (Wildman–Crippen LogP) is 2.18. The molecule has 0 heterocycles. The summed E-state index contributed by atoms with van der Waals surface area (Å²) in [6.45, 7) is 4.27. The van der Waals surface area contributed by atoms with Crippen molar-refractivity contribution in [2.75, 3.05) is 0 Å². The van der Waals surface area contributed by atoms with Gasteiger partial charge in [-0.05, 0) is 84.8 Å². The van der Waals surface area contributed by atoms with Crippen molar-refractivity contribution in [3.05, 3.63) is 11.6 Å². The quantitative estimate of drug-likeness (QED) is 0.383. The molecule has 4 rings (SSSR count). The van der Waals surface area contributed by atoms with Crippen molar-refractivity contribution in [3.8, 4) is 11.3 Å². The van der Waals surface area contributed by atoms with E-state index in [1.165, 1.54) is 0 Å². The molecule has 0 aromatic rings. The molecule has 26 heavy (non-hydrogen) atoms. The molecule has 0 unspecified atom stereocenters. The summed E-state index contributed by atoms with van der Waals surface area (Å²) in [5.74, 6) is 3.61. The van der Waals surface area contributed by atoms with E-state index in [4.69, 9.17) is 11.6 Å². The minimum absolute atomic E-state index is 0.118. The molecule has 0 bridgehead atoms. The average molecular weight is 381 g/mol. The van der Waals surface area contributed by atoms with Gasteiger partial charge in [0, 0.05) is 10.8 Å². The second kappa shape index (κ2) is 5.96. The molecule has 144 valence electrons. The first-order valence-corrected chi connectivity index (χ1v) is 10.2. The topological polar surface area (TPSA) is 80.9 Å². The molecule has 4 aliphatic rings. The third-order valence-corrected chi connectivity index (χ3v) is 8.72. The highest BCUT2D eigenvalue weighted by molar-refractivity contribution is 6.30. The third-order valence-electron chi connectivity index (χ3n) is 8.62. The van der Waals surface area contributed by atoms with Crippen molar-refractivity contribution >= 4 is 11.6 Å². The molecular formula is C21H29ClO4. The van der Waals surface area contributed by atoms with Gasteiger partial charge in [0.05, 0.1) is 12.2 Å². The SMILES string of the molecule is C[C@]12CC[C@@H](O)[C@@H](O)C1=CC[C@@H]1[C@@H]2CC[C@@]2(C)[C@H]1C[C@@H](O)[C@@]2(O)C#CCl. The highest BCUT2D eigenvalue weighted by Crippen LogP contribution is 2.67. The highest BCUT2D eigenvalue weighted by Gasteiger charge is 2.67. The van der Waals surface area contributed by atoms with Crippen LogP contribution in [-0.4, -0.2) is 44.3 Å². The van der Waals surface area contributed by atoms with Crippen molar-refractivity contribution in [1.82, 2.24) is 0 Å². The summed E-state index contributed by atoms with van der Waals surface area (Å²) in [6, 6.07) is 0. The van der Waals surface area contributed by atoms with Crippen LogP contribution in [0.15, 0.2) is 11.6 Å². The van der Waals surface area contributed by atoms with Crippen molar-refractivity contribution < 1.29 is 20.4 Å². The number of halogens is 1. The number of fused-ring (bicyclic) bond motifs is 5. The van der Waals surface area contributed by atoms with E-state index in [1.807, 2.05) is 6.92 Å². The molecule has 4 N–H and O–H groups in total. The summed E-state index contributed by atoms with van der Waals surface area (Å²) in [5.41, 5.74) is -1.07.